The van der Waals surface area contributed by atoms with E-state index >= 15 is 0 Å². The Morgan fingerprint density at radius 2 is 1.70 bits per heavy atom. The molecule has 0 bridgehead atoms. The number of hydrogen-bond acceptors (Lipinski definition) is 9. The Labute approximate surface area is 190 Å². The second-order valence-electron chi connectivity index (χ2n) is 7.68. The summed E-state index contributed by atoms with van der Waals surface area (Å²) in [6.45, 7) is 5.11. The van der Waals surface area contributed by atoms with Crippen LogP contribution in [0.3, 0.4) is 0 Å². The highest BCUT2D eigenvalue weighted by Gasteiger charge is 2.24. The van der Waals surface area contributed by atoms with E-state index in [0.717, 1.165) is 11.1 Å². The number of hydrogen-bond donors (Lipinski definition) is 1. The van der Waals surface area contributed by atoms with Crippen LogP contribution in [0, 0.1) is 18.3 Å². The highest BCUT2D eigenvalue weighted by Crippen LogP contribution is 2.30. The molecule has 4 aromatic rings. The standard InChI is InChI=1S/C23H20N6O3S/c1-13(2)33(30,31)19-9-8-16(10-17(19)11-24)18-12-26-21(25)20(27-18)23-29-28-22(32-23)15-6-4-14(3)5-7-15/h4-10,12-13H,1-3H3,(H2,25,26). The van der Waals surface area contributed by atoms with Gasteiger partial charge in [0.05, 0.1) is 27.6 Å². The van der Waals surface area contributed by atoms with Crippen molar-refractivity contribution in [3.63, 3.8) is 0 Å². The van der Waals surface area contributed by atoms with Crippen LogP contribution in [-0.2, 0) is 9.84 Å². The lowest BCUT2D eigenvalue weighted by molar-refractivity contribution is 0.582. The summed E-state index contributed by atoms with van der Waals surface area (Å²) in [6, 6.07) is 14.0. The molecule has 0 aliphatic carbocycles. The van der Waals surface area contributed by atoms with E-state index in [1.165, 1.54) is 18.3 Å². The van der Waals surface area contributed by atoms with E-state index in [1.807, 2.05) is 37.3 Å². The lowest BCUT2D eigenvalue weighted by atomic mass is 10.1. The van der Waals surface area contributed by atoms with Crippen molar-refractivity contribution >= 4 is 15.7 Å². The third kappa shape index (κ3) is 4.18. The molecule has 33 heavy (non-hydrogen) atoms. The van der Waals surface area contributed by atoms with Crippen LogP contribution in [0.25, 0.3) is 34.3 Å². The smallest absolute Gasteiger partial charge is 0.270 e. The van der Waals surface area contributed by atoms with Crippen molar-refractivity contribution in [3.8, 4) is 40.4 Å². The Balaban J connectivity index is 1.74. The predicted octanol–water partition coefficient (Wildman–Crippen LogP) is 3.81. The number of benzene rings is 2. The van der Waals surface area contributed by atoms with Gasteiger partial charge in [-0.2, -0.15) is 5.26 Å². The van der Waals surface area contributed by atoms with Crippen LogP contribution in [0.2, 0.25) is 0 Å². The van der Waals surface area contributed by atoms with E-state index in [4.69, 9.17) is 10.2 Å². The number of nitrogen functional groups attached to an aromatic ring is 1. The Hall–Kier alpha value is -4.10. The molecule has 0 amide bonds. The Morgan fingerprint density at radius 1 is 1.03 bits per heavy atom. The third-order valence-electron chi connectivity index (χ3n) is 5.05. The average Bonchev–Trinajstić information content (AvgIpc) is 3.29. The summed E-state index contributed by atoms with van der Waals surface area (Å²) in [5.41, 5.74) is 8.95. The Kier molecular flexibility index (Phi) is 5.66. The van der Waals surface area contributed by atoms with Crippen LogP contribution < -0.4 is 5.73 Å². The Morgan fingerprint density at radius 3 is 2.36 bits per heavy atom. The summed E-state index contributed by atoms with van der Waals surface area (Å²) in [5, 5.41) is 17.0. The molecule has 0 unspecified atom stereocenters. The van der Waals surface area contributed by atoms with Gasteiger partial charge in [0, 0.05) is 11.1 Å². The number of sulfone groups is 1. The molecule has 2 aromatic heterocycles. The summed E-state index contributed by atoms with van der Waals surface area (Å²) in [6.07, 6.45) is 1.43. The van der Waals surface area contributed by atoms with Crippen LogP contribution in [0.1, 0.15) is 25.0 Å². The first-order chi connectivity index (χ1) is 15.7. The predicted molar refractivity (Wildman–Crippen MR) is 122 cm³/mol. The topological polar surface area (TPSA) is 149 Å². The van der Waals surface area contributed by atoms with E-state index in [-0.39, 0.29) is 27.9 Å². The fourth-order valence-electron chi connectivity index (χ4n) is 3.11. The van der Waals surface area contributed by atoms with E-state index in [0.29, 0.717) is 17.1 Å². The van der Waals surface area contributed by atoms with E-state index in [9.17, 15) is 13.7 Å². The summed E-state index contributed by atoms with van der Waals surface area (Å²) in [7, 11) is -3.61. The van der Waals surface area contributed by atoms with E-state index in [1.54, 1.807) is 19.9 Å². The molecular formula is C23H20N6O3S. The lowest BCUT2D eigenvalue weighted by Gasteiger charge is -2.11. The lowest BCUT2D eigenvalue weighted by Crippen LogP contribution is -2.15. The first kappa shape index (κ1) is 22.1. The van der Waals surface area contributed by atoms with Gasteiger partial charge in [-0.1, -0.05) is 23.8 Å². The second kappa shape index (κ2) is 8.44. The van der Waals surface area contributed by atoms with Crippen molar-refractivity contribution in [3.05, 3.63) is 59.8 Å². The van der Waals surface area contributed by atoms with Gasteiger partial charge >= 0.3 is 0 Å². The van der Waals surface area contributed by atoms with Crippen molar-refractivity contribution in [2.45, 2.75) is 30.9 Å². The van der Waals surface area contributed by atoms with Gasteiger partial charge in [0.2, 0.25) is 5.89 Å². The minimum absolute atomic E-state index is 0.0213. The number of anilines is 1. The molecule has 2 aromatic carbocycles. The molecule has 0 radical (unpaired) electrons. The molecule has 0 saturated carbocycles. The van der Waals surface area contributed by atoms with Gasteiger partial charge in [-0.05, 0) is 45.0 Å². The van der Waals surface area contributed by atoms with Gasteiger partial charge in [0.15, 0.2) is 21.3 Å². The molecule has 166 valence electrons. The number of aryl methyl sites for hydroxylation is 1. The molecule has 0 spiro atoms. The number of aromatic nitrogens is 4. The van der Waals surface area contributed by atoms with E-state index < -0.39 is 15.1 Å². The maximum absolute atomic E-state index is 12.6. The largest absolute Gasteiger partial charge is 0.414 e. The molecule has 0 aliphatic rings. The van der Waals surface area contributed by atoms with Gasteiger partial charge in [0.25, 0.3) is 5.89 Å². The molecule has 4 rings (SSSR count). The van der Waals surface area contributed by atoms with Crippen LogP contribution >= 0.6 is 0 Å². The summed E-state index contributed by atoms with van der Waals surface area (Å²) >= 11 is 0. The minimum atomic E-state index is -3.61. The van der Waals surface area contributed by atoms with Crippen molar-refractivity contribution in [2.24, 2.45) is 0 Å². The quantitative estimate of drug-likeness (QED) is 0.469. The Bertz CT molecular complexity index is 1490. The van der Waals surface area contributed by atoms with E-state index in [2.05, 4.69) is 20.2 Å². The zero-order valence-corrected chi connectivity index (χ0v) is 19.0. The molecule has 9 nitrogen and oxygen atoms in total. The fourth-order valence-corrected chi connectivity index (χ4v) is 4.28. The highest BCUT2D eigenvalue weighted by molar-refractivity contribution is 7.92. The summed E-state index contributed by atoms with van der Waals surface area (Å²) in [4.78, 5) is 8.64. The second-order valence-corrected chi connectivity index (χ2v) is 10.2. The third-order valence-corrected chi connectivity index (χ3v) is 7.26. The molecule has 0 atom stereocenters. The molecule has 0 fully saturated rings. The maximum atomic E-state index is 12.6. The van der Waals surface area contributed by atoms with Gasteiger partial charge in [0.1, 0.15) is 6.07 Å². The van der Waals surface area contributed by atoms with Gasteiger partial charge in [-0.15, -0.1) is 10.2 Å². The average molecular weight is 461 g/mol. The maximum Gasteiger partial charge on any atom is 0.270 e. The van der Waals surface area contributed by atoms with Crippen molar-refractivity contribution in [2.75, 3.05) is 5.73 Å². The molecular weight excluding hydrogens is 440 g/mol. The van der Waals surface area contributed by atoms with Crippen LogP contribution in [0.15, 0.2) is 58.0 Å². The molecule has 10 heteroatoms. The van der Waals surface area contributed by atoms with Crippen LogP contribution in [0.5, 0.6) is 0 Å². The number of nitrogens with two attached hydrogens (primary N) is 1. The van der Waals surface area contributed by atoms with Gasteiger partial charge in [-0.25, -0.2) is 18.4 Å². The van der Waals surface area contributed by atoms with Crippen LogP contribution in [-0.4, -0.2) is 33.8 Å². The zero-order chi connectivity index (χ0) is 23.8. The monoisotopic (exact) mass is 460 g/mol. The van der Waals surface area contributed by atoms with Crippen LogP contribution in [0.4, 0.5) is 5.82 Å². The number of nitriles is 1. The fraction of sp³-hybridized carbons (Fsp3) is 0.174. The molecule has 0 aliphatic heterocycles. The zero-order valence-electron chi connectivity index (χ0n) is 18.1. The molecule has 2 N–H and O–H groups in total. The minimum Gasteiger partial charge on any atom is -0.414 e. The van der Waals surface area contributed by atoms with Crippen molar-refractivity contribution < 1.29 is 12.8 Å². The first-order valence-electron chi connectivity index (χ1n) is 10.0. The first-order valence-corrected chi connectivity index (χ1v) is 11.6. The van der Waals surface area contributed by atoms with Crippen molar-refractivity contribution in [1.29, 1.82) is 5.26 Å². The molecule has 0 saturated heterocycles. The molecule has 2 heterocycles. The summed E-state index contributed by atoms with van der Waals surface area (Å²) < 4.78 is 30.9. The number of rotatable bonds is 5. The van der Waals surface area contributed by atoms with Crippen molar-refractivity contribution in [1.82, 2.24) is 20.2 Å². The van der Waals surface area contributed by atoms with Gasteiger partial charge < -0.3 is 10.2 Å². The highest BCUT2D eigenvalue weighted by atomic mass is 32.2. The van der Waals surface area contributed by atoms with Gasteiger partial charge in [-0.3, -0.25) is 0 Å². The SMILES string of the molecule is Cc1ccc(-c2nnc(-c3nc(-c4ccc(S(=O)(=O)C(C)C)c(C#N)c4)cnc3N)o2)cc1. The summed E-state index contributed by atoms with van der Waals surface area (Å²) in [5.74, 6) is 0.501. The normalized spacial score (nSPS) is 11.5. The number of nitrogens with zero attached hydrogens (tertiary/aromatic N) is 5.